The van der Waals surface area contributed by atoms with Crippen molar-refractivity contribution in [2.45, 2.75) is 76.9 Å². The number of ether oxygens (including phenoxy) is 1. The molecular formula is C16H30N2O2. The number of rotatable bonds is 8. The highest BCUT2D eigenvalue weighted by atomic mass is 16.5. The van der Waals surface area contributed by atoms with E-state index in [1.807, 2.05) is 6.92 Å². The molecule has 116 valence electrons. The van der Waals surface area contributed by atoms with Crippen molar-refractivity contribution in [3.63, 3.8) is 0 Å². The number of fused-ring (bicyclic) bond motifs is 2. The van der Waals surface area contributed by atoms with E-state index >= 15 is 0 Å². The van der Waals surface area contributed by atoms with Crippen molar-refractivity contribution in [1.82, 2.24) is 10.2 Å². The molecule has 2 rings (SSSR count). The highest BCUT2D eigenvalue weighted by molar-refractivity contribution is 5.69. The minimum atomic E-state index is -0.0423. The summed E-state index contributed by atoms with van der Waals surface area (Å²) >= 11 is 0. The molecular weight excluding hydrogens is 252 g/mol. The summed E-state index contributed by atoms with van der Waals surface area (Å²) in [6.07, 6.45) is 7.99. The molecule has 2 heterocycles. The largest absolute Gasteiger partial charge is 0.466 e. The number of carbonyl (C=O) groups is 1. The first-order valence-electron chi connectivity index (χ1n) is 8.39. The van der Waals surface area contributed by atoms with Crippen molar-refractivity contribution >= 4 is 5.97 Å². The van der Waals surface area contributed by atoms with Crippen LogP contribution in [0.2, 0.25) is 0 Å². The first-order chi connectivity index (χ1) is 9.74. The summed E-state index contributed by atoms with van der Waals surface area (Å²) in [5.41, 5.74) is 0. The van der Waals surface area contributed by atoms with Gasteiger partial charge in [0.15, 0.2) is 0 Å². The van der Waals surface area contributed by atoms with Crippen molar-refractivity contribution in [3.8, 4) is 0 Å². The summed E-state index contributed by atoms with van der Waals surface area (Å²) in [5, 5.41) is 3.68. The predicted octanol–water partition coefficient (Wildman–Crippen LogP) is 2.32. The van der Waals surface area contributed by atoms with E-state index in [2.05, 4.69) is 17.1 Å². The van der Waals surface area contributed by atoms with E-state index < -0.39 is 0 Å². The van der Waals surface area contributed by atoms with E-state index in [0.717, 1.165) is 31.6 Å². The molecule has 0 aromatic heterocycles. The SMILES string of the molecule is CCCNC1CC2CCC(C1)N2CCCC(=O)OCC. The number of nitrogens with one attached hydrogen (secondary N) is 1. The first kappa shape index (κ1) is 15.8. The van der Waals surface area contributed by atoms with Gasteiger partial charge in [0.05, 0.1) is 6.61 Å². The van der Waals surface area contributed by atoms with Crippen molar-refractivity contribution in [2.75, 3.05) is 19.7 Å². The molecule has 0 aromatic carbocycles. The van der Waals surface area contributed by atoms with Crippen molar-refractivity contribution in [2.24, 2.45) is 0 Å². The summed E-state index contributed by atoms with van der Waals surface area (Å²) in [6.45, 7) is 6.80. The van der Waals surface area contributed by atoms with Crippen LogP contribution in [0.5, 0.6) is 0 Å². The molecule has 2 atom stereocenters. The molecule has 0 aromatic rings. The van der Waals surface area contributed by atoms with Crippen LogP contribution in [0.15, 0.2) is 0 Å². The summed E-state index contributed by atoms with van der Waals surface area (Å²) in [4.78, 5) is 14.0. The Bertz CT molecular complexity index is 295. The minimum absolute atomic E-state index is 0.0423. The monoisotopic (exact) mass is 282 g/mol. The third-order valence-corrected chi connectivity index (χ3v) is 4.67. The third kappa shape index (κ3) is 4.19. The maximum absolute atomic E-state index is 11.4. The van der Waals surface area contributed by atoms with Crippen LogP contribution in [0.1, 0.15) is 58.8 Å². The number of carbonyl (C=O) groups excluding carboxylic acids is 1. The maximum atomic E-state index is 11.4. The van der Waals surface area contributed by atoms with Gasteiger partial charge in [-0.05, 0) is 58.5 Å². The summed E-state index contributed by atoms with van der Waals surface area (Å²) in [5.74, 6) is -0.0423. The zero-order valence-corrected chi connectivity index (χ0v) is 13.1. The van der Waals surface area contributed by atoms with Crippen LogP contribution in [-0.4, -0.2) is 48.7 Å². The summed E-state index contributed by atoms with van der Waals surface area (Å²) in [7, 11) is 0. The Morgan fingerprint density at radius 2 is 1.95 bits per heavy atom. The predicted molar refractivity (Wildman–Crippen MR) is 80.7 cm³/mol. The number of esters is 1. The van der Waals surface area contributed by atoms with Crippen LogP contribution in [-0.2, 0) is 9.53 Å². The van der Waals surface area contributed by atoms with Crippen LogP contribution >= 0.6 is 0 Å². The van der Waals surface area contributed by atoms with E-state index in [0.29, 0.717) is 19.1 Å². The zero-order valence-electron chi connectivity index (χ0n) is 13.1. The molecule has 2 aliphatic heterocycles. The lowest BCUT2D eigenvalue weighted by molar-refractivity contribution is -0.143. The van der Waals surface area contributed by atoms with Crippen LogP contribution in [0.25, 0.3) is 0 Å². The van der Waals surface area contributed by atoms with Crippen molar-refractivity contribution in [3.05, 3.63) is 0 Å². The molecule has 2 bridgehead atoms. The Morgan fingerprint density at radius 3 is 2.55 bits per heavy atom. The van der Waals surface area contributed by atoms with Gasteiger partial charge in [0.2, 0.25) is 0 Å². The highest BCUT2D eigenvalue weighted by Gasteiger charge is 2.39. The van der Waals surface area contributed by atoms with Crippen molar-refractivity contribution < 1.29 is 9.53 Å². The molecule has 0 saturated carbocycles. The van der Waals surface area contributed by atoms with Gasteiger partial charge in [-0.3, -0.25) is 9.69 Å². The first-order valence-corrected chi connectivity index (χ1v) is 8.39. The van der Waals surface area contributed by atoms with E-state index in [4.69, 9.17) is 4.74 Å². The van der Waals surface area contributed by atoms with Gasteiger partial charge < -0.3 is 10.1 Å². The van der Waals surface area contributed by atoms with E-state index in [1.165, 1.54) is 32.1 Å². The highest BCUT2D eigenvalue weighted by Crippen LogP contribution is 2.35. The molecule has 0 spiro atoms. The normalized spacial score (nSPS) is 29.6. The lowest BCUT2D eigenvalue weighted by Crippen LogP contribution is -2.49. The molecule has 20 heavy (non-hydrogen) atoms. The van der Waals surface area contributed by atoms with Crippen LogP contribution in [0, 0.1) is 0 Å². The molecule has 4 nitrogen and oxygen atoms in total. The topological polar surface area (TPSA) is 41.6 Å². The average Bonchev–Trinajstić information content (AvgIpc) is 2.68. The molecule has 0 aliphatic carbocycles. The molecule has 2 fully saturated rings. The minimum Gasteiger partial charge on any atom is -0.466 e. The Hall–Kier alpha value is -0.610. The number of hydrogen-bond donors (Lipinski definition) is 1. The lowest BCUT2D eigenvalue weighted by Gasteiger charge is -2.39. The molecule has 0 amide bonds. The third-order valence-electron chi connectivity index (χ3n) is 4.67. The summed E-state index contributed by atoms with van der Waals surface area (Å²) in [6, 6.07) is 2.20. The molecule has 2 saturated heterocycles. The number of piperidine rings is 1. The standard InChI is InChI=1S/C16H30N2O2/c1-3-9-17-13-11-14-7-8-15(12-13)18(14)10-5-6-16(19)20-4-2/h13-15,17H,3-12H2,1-2H3. The van der Waals surface area contributed by atoms with Gasteiger partial charge >= 0.3 is 5.97 Å². The summed E-state index contributed by atoms with van der Waals surface area (Å²) < 4.78 is 4.99. The molecule has 0 radical (unpaired) electrons. The second-order valence-electron chi connectivity index (χ2n) is 6.15. The Kier molecular flexibility index (Phi) is 6.30. The molecule has 2 aliphatic rings. The Labute approximate surface area is 123 Å². The van der Waals surface area contributed by atoms with Gasteiger partial charge in [0.1, 0.15) is 0 Å². The maximum Gasteiger partial charge on any atom is 0.305 e. The van der Waals surface area contributed by atoms with E-state index in [9.17, 15) is 4.79 Å². The second-order valence-corrected chi connectivity index (χ2v) is 6.15. The van der Waals surface area contributed by atoms with Gasteiger partial charge in [-0.2, -0.15) is 0 Å². The van der Waals surface area contributed by atoms with Gasteiger partial charge in [-0.1, -0.05) is 6.92 Å². The fraction of sp³-hybridized carbons (Fsp3) is 0.938. The number of hydrogen-bond acceptors (Lipinski definition) is 4. The smallest absolute Gasteiger partial charge is 0.305 e. The van der Waals surface area contributed by atoms with Crippen LogP contribution < -0.4 is 5.32 Å². The van der Waals surface area contributed by atoms with Gasteiger partial charge in [-0.15, -0.1) is 0 Å². The zero-order chi connectivity index (χ0) is 14.4. The Morgan fingerprint density at radius 1 is 1.25 bits per heavy atom. The van der Waals surface area contributed by atoms with Gasteiger partial charge in [0.25, 0.3) is 0 Å². The van der Waals surface area contributed by atoms with Gasteiger partial charge in [0, 0.05) is 24.5 Å². The molecule has 2 unspecified atom stereocenters. The van der Waals surface area contributed by atoms with E-state index in [-0.39, 0.29) is 5.97 Å². The van der Waals surface area contributed by atoms with Crippen LogP contribution in [0.4, 0.5) is 0 Å². The molecule has 4 heteroatoms. The fourth-order valence-electron chi connectivity index (χ4n) is 3.79. The lowest BCUT2D eigenvalue weighted by atomic mass is 9.97. The van der Waals surface area contributed by atoms with E-state index in [1.54, 1.807) is 0 Å². The Balaban J connectivity index is 1.71. The molecule has 1 N–H and O–H groups in total. The van der Waals surface area contributed by atoms with Gasteiger partial charge in [-0.25, -0.2) is 0 Å². The average molecular weight is 282 g/mol. The fourth-order valence-corrected chi connectivity index (χ4v) is 3.79. The quantitative estimate of drug-likeness (QED) is 0.694. The van der Waals surface area contributed by atoms with Crippen LogP contribution in [0.3, 0.4) is 0 Å². The van der Waals surface area contributed by atoms with Crippen molar-refractivity contribution in [1.29, 1.82) is 0 Å². The number of nitrogens with zero attached hydrogens (tertiary/aromatic N) is 1. The second kappa shape index (κ2) is 7.99.